The number of hydrogen-bond donors (Lipinski definition) is 1. The van der Waals surface area contributed by atoms with E-state index >= 15 is 0 Å². The number of nitriles is 1. The monoisotopic (exact) mass is 373 g/mol. The lowest BCUT2D eigenvalue weighted by molar-refractivity contribution is -0.116. The average molecular weight is 373 g/mol. The van der Waals surface area contributed by atoms with Crippen LogP contribution in [0.1, 0.15) is 12.0 Å². The van der Waals surface area contributed by atoms with Crippen molar-refractivity contribution in [3.63, 3.8) is 0 Å². The quantitative estimate of drug-likeness (QED) is 0.803. The Kier molecular flexibility index (Phi) is 6.20. The van der Waals surface area contributed by atoms with Crippen LogP contribution < -0.4 is 14.4 Å². The van der Waals surface area contributed by atoms with Gasteiger partial charge in [0.25, 0.3) is 0 Å². The summed E-state index contributed by atoms with van der Waals surface area (Å²) in [5, 5.41) is 11.5. The van der Waals surface area contributed by atoms with E-state index in [0.717, 1.165) is 10.6 Å². The molecule has 0 saturated carbocycles. The minimum atomic E-state index is -3.59. The summed E-state index contributed by atoms with van der Waals surface area (Å²) in [7, 11) is -2.14. The molecule has 0 unspecified atom stereocenters. The number of amides is 1. The fraction of sp³-hybridized carbons (Fsp3) is 0.222. The first kappa shape index (κ1) is 19.3. The van der Waals surface area contributed by atoms with E-state index in [2.05, 4.69) is 5.32 Å². The number of ether oxygens (including phenoxy) is 1. The van der Waals surface area contributed by atoms with Crippen molar-refractivity contribution in [2.45, 2.75) is 6.42 Å². The molecule has 7 nitrogen and oxygen atoms in total. The molecule has 2 aromatic rings. The van der Waals surface area contributed by atoms with Gasteiger partial charge in [0.1, 0.15) is 5.75 Å². The molecule has 0 aliphatic carbocycles. The van der Waals surface area contributed by atoms with Crippen molar-refractivity contribution in [1.29, 1.82) is 5.26 Å². The molecule has 0 atom stereocenters. The Labute approximate surface area is 152 Å². The fourth-order valence-corrected chi connectivity index (χ4v) is 3.29. The zero-order valence-electron chi connectivity index (χ0n) is 14.5. The number of sulfonamides is 1. The zero-order valence-corrected chi connectivity index (χ0v) is 15.3. The van der Waals surface area contributed by atoms with Crippen LogP contribution in [-0.2, 0) is 14.8 Å². The van der Waals surface area contributed by atoms with Crippen molar-refractivity contribution >= 4 is 27.3 Å². The highest BCUT2D eigenvalue weighted by molar-refractivity contribution is 7.92. The molecular formula is C18H19N3O4S. The van der Waals surface area contributed by atoms with E-state index in [1.807, 2.05) is 6.07 Å². The van der Waals surface area contributed by atoms with Gasteiger partial charge in [0.2, 0.25) is 15.9 Å². The summed E-state index contributed by atoms with van der Waals surface area (Å²) in [6.45, 7) is -0.0265. The number of nitrogens with zero attached hydrogens (tertiary/aromatic N) is 2. The highest BCUT2D eigenvalue weighted by Gasteiger charge is 2.21. The third-order valence-corrected chi connectivity index (χ3v) is 4.77. The number of carbonyl (C=O) groups is 1. The van der Waals surface area contributed by atoms with E-state index in [1.165, 1.54) is 7.11 Å². The van der Waals surface area contributed by atoms with Gasteiger partial charge in [0.15, 0.2) is 0 Å². The lowest BCUT2D eigenvalue weighted by Gasteiger charge is -2.24. The summed E-state index contributed by atoms with van der Waals surface area (Å²) in [5.41, 5.74) is 1.41. The fourth-order valence-electron chi connectivity index (χ4n) is 2.36. The Balaban J connectivity index is 2.10. The maximum Gasteiger partial charge on any atom is 0.232 e. The summed E-state index contributed by atoms with van der Waals surface area (Å²) >= 11 is 0. The Hall–Kier alpha value is -3.05. The lowest BCUT2D eigenvalue weighted by atomic mass is 10.2. The van der Waals surface area contributed by atoms with E-state index in [0.29, 0.717) is 22.7 Å². The van der Waals surface area contributed by atoms with Crippen LogP contribution in [-0.4, -0.2) is 34.2 Å². The summed E-state index contributed by atoms with van der Waals surface area (Å²) in [6.07, 6.45) is 1.04. The molecule has 0 heterocycles. The summed E-state index contributed by atoms with van der Waals surface area (Å²) in [5.74, 6) is 0.0729. The second kappa shape index (κ2) is 8.36. The van der Waals surface area contributed by atoms with Crippen LogP contribution in [0, 0.1) is 11.3 Å². The van der Waals surface area contributed by atoms with Crippen molar-refractivity contribution in [2.75, 3.05) is 29.5 Å². The molecule has 0 spiro atoms. The van der Waals surface area contributed by atoms with Crippen molar-refractivity contribution in [1.82, 2.24) is 0 Å². The topological polar surface area (TPSA) is 99.5 Å². The molecule has 0 fully saturated rings. The third-order valence-electron chi connectivity index (χ3n) is 3.59. The van der Waals surface area contributed by atoms with E-state index < -0.39 is 10.0 Å². The number of para-hydroxylation sites is 2. The van der Waals surface area contributed by atoms with E-state index in [9.17, 15) is 13.2 Å². The van der Waals surface area contributed by atoms with Gasteiger partial charge in [-0.1, -0.05) is 12.1 Å². The van der Waals surface area contributed by atoms with Gasteiger partial charge in [-0.2, -0.15) is 5.26 Å². The molecule has 0 saturated heterocycles. The molecule has 0 radical (unpaired) electrons. The molecule has 0 aromatic heterocycles. The van der Waals surface area contributed by atoms with Gasteiger partial charge < -0.3 is 10.1 Å². The standard InChI is InChI=1S/C18H19N3O4S/c1-25-17-6-4-3-5-16(17)21(26(2,23)24)12-11-18(22)20-15-9-7-14(13-19)8-10-15/h3-10H,11-12H2,1-2H3,(H,20,22). The smallest absolute Gasteiger partial charge is 0.232 e. The summed E-state index contributed by atoms with van der Waals surface area (Å²) < 4.78 is 30.7. The second-order valence-electron chi connectivity index (χ2n) is 5.49. The van der Waals surface area contributed by atoms with Crippen LogP contribution in [0.15, 0.2) is 48.5 Å². The van der Waals surface area contributed by atoms with Crippen molar-refractivity contribution in [3.8, 4) is 11.8 Å². The number of anilines is 2. The molecule has 2 aromatic carbocycles. The Bertz CT molecular complexity index is 918. The third kappa shape index (κ3) is 4.97. The van der Waals surface area contributed by atoms with Crippen LogP contribution in [0.3, 0.4) is 0 Å². The minimum absolute atomic E-state index is 0.0265. The number of nitrogens with one attached hydrogen (secondary N) is 1. The number of rotatable bonds is 7. The molecule has 0 aliphatic rings. The molecule has 26 heavy (non-hydrogen) atoms. The van der Waals surface area contributed by atoms with Crippen LogP contribution in [0.4, 0.5) is 11.4 Å². The summed E-state index contributed by atoms with van der Waals surface area (Å²) in [6, 6.07) is 15.1. The van der Waals surface area contributed by atoms with E-state index in [4.69, 9.17) is 10.00 Å². The predicted octanol–water partition coefficient (Wildman–Crippen LogP) is 2.36. The van der Waals surface area contributed by atoms with Crippen molar-refractivity contribution in [3.05, 3.63) is 54.1 Å². The molecular weight excluding hydrogens is 354 g/mol. The first-order valence-corrected chi connectivity index (χ1v) is 9.60. The van der Waals surface area contributed by atoms with Crippen LogP contribution >= 0.6 is 0 Å². The molecule has 0 aliphatic heterocycles. The largest absolute Gasteiger partial charge is 0.495 e. The Morgan fingerprint density at radius 1 is 1.19 bits per heavy atom. The van der Waals surface area contributed by atoms with Gasteiger partial charge in [-0.05, 0) is 36.4 Å². The van der Waals surface area contributed by atoms with Gasteiger partial charge in [0, 0.05) is 18.7 Å². The van der Waals surface area contributed by atoms with Crippen molar-refractivity contribution < 1.29 is 17.9 Å². The number of benzene rings is 2. The predicted molar refractivity (Wildman–Crippen MR) is 99.6 cm³/mol. The first-order valence-electron chi connectivity index (χ1n) is 7.76. The van der Waals surface area contributed by atoms with Gasteiger partial charge in [-0.25, -0.2) is 8.42 Å². The van der Waals surface area contributed by atoms with Gasteiger partial charge >= 0.3 is 0 Å². The van der Waals surface area contributed by atoms with Crippen LogP contribution in [0.25, 0.3) is 0 Å². The van der Waals surface area contributed by atoms with E-state index in [1.54, 1.807) is 48.5 Å². The number of carbonyl (C=O) groups excluding carboxylic acids is 1. The molecule has 0 bridgehead atoms. The Morgan fingerprint density at radius 3 is 2.42 bits per heavy atom. The first-order chi connectivity index (χ1) is 12.3. The van der Waals surface area contributed by atoms with Crippen LogP contribution in [0.2, 0.25) is 0 Å². The second-order valence-corrected chi connectivity index (χ2v) is 7.40. The van der Waals surface area contributed by atoms with Gasteiger partial charge in [-0.3, -0.25) is 9.10 Å². The SMILES string of the molecule is COc1ccccc1N(CCC(=O)Nc1ccc(C#N)cc1)S(C)(=O)=O. The molecule has 1 amide bonds. The average Bonchev–Trinajstić information content (AvgIpc) is 2.61. The summed E-state index contributed by atoms with van der Waals surface area (Å²) in [4.78, 5) is 12.2. The minimum Gasteiger partial charge on any atom is -0.495 e. The number of methoxy groups -OCH3 is 1. The number of hydrogen-bond acceptors (Lipinski definition) is 5. The maximum atomic E-state index is 12.2. The van der Waals surface area contributed by atoms with Gasteiger partial charge in [-0.15, -0.1) is 0 Å². The van der Waals surface area contributed by atoms with Crippen LogP contribution in [0.5, 0.6) is 5.75 Å². The lowest BCUT2D eigenvalue weighted by Crippen LogP contribution is -2.33. The van der Waals surface area contributed by atoms with E-state index in [-0.39, 0.29) is 18.9 Å². The zero-order chi connectivity index (χ0) is 19.2. The highest BCUT2D eigenvalue weighted by Crippen LogP contribution is 2.29. The van der Waals surface area contributed by atoms with Gasteiger partial charge in [0.05, 0.1) is 30.7 Å². The van der Waals surface area contributed by atoms with Crippen molar-refractivity contribution in [2.24, 2.45) is 0 Å². The molecule has 8 heteroatoms. The molecule has 136 valence electrons. The highest BCUT2D eigenvalue weighted by atomic mass is 32.2. The Morgan fingerprint density at radius 2 is 1.85 bits per heavy atom. The normalized spacial score (nSPS) is 10.7. The molecule has 2 rings (SSSR count). The molecule has 1 N–H and O–H groups in total. The maximum absolute atomic E-state index is 12.2.